The fourth-order valence-corrected chi connectivity index (χ4v) is 3.83. The van der Waals surface area contributed by atoms with Crippen LogP contribution in [0.25, 0.3) is 10.8 Å². The van der Waals surface area contributed by atoms with E-state index in [2.05, 4.69) is 5.16 Å². The Bertz CT molecular complexity index is 1710. The number of fused-ring (bicyclic) bond motifs is 1. The highest BCUT2D eigenvalue weighted by molar-refractivity contribution is 6.06. The zero-order valence-corrected chi connectivity index (χ0v) is 20.5. The lowest BCUT2D eigenvalue weighted by Gasteiger charge is -2.11. The number of carbonyl (C=O) groups is 2. The van der Waals surface area contributed by atoms with E-state index >= 15 is 0 Å². The Morgan fingerprint density at radius 1 is 0.684 bits per heavy atom. The summed E-state index contributed by atoms with van der Waals surface area (Å²) in [4.78, 5) is 37.0. The fraction of sp³-hybridized carbons (Fsp3) is 0.0667. The van der Waals surface area contributed by atoms with Gasteiger partial charge >= 0.3 is 11.6 Å². The average Bonchev–Trinajstić information content (AvgIpc) is 2.92. The van der Waals surface area contributed by atoms with E-state index in [-0.39, 0.29) is 22.7 Å². The maximum Gasteiger partial charge on any atom is 0.366 e. The zero-order chi connectivity index (χ0) is 26.6. The Kier molecular flexibility index (Phi) is 6.69. The van der Waals surface area contributed by atoms with Crippen LogP contribution in [0.15, 0.2) is 100 Å². The first kappa shape index (κ1) is 24.5. The van der Waals surface area contributed by atoms with Crippen molar-refractivity contribution in [3.05, 3.63) is 118 Å². The number of Topliss-reactive ketones (excluding diaryl/α,β-unsaturated/α-hetero) is 1. The minimum Gasteiger partial charge on any atom is -0.457 e. The summed E-state index contributed by atoms with van der Waals surface area (Å²) in [5.41, 5.74) is 0.368. The number of ketones is 1. The minimum absolute atomic E-state index is 0.128. The number of para-hydroxylation sites is 1. The lowest BCUT2D eigenvalue weighted by atomic mass is 10.0. The molecule has 0 atom stereocenters. The summed E-state index contributed by atoms with van der Waals surface area (Å²) in [7, 11) is 0. The van der Waals surface area contributed by atoms with Gasteiger partial charge in [0.05, 0.1) is 16.6 Å². The number of ether oxygens (including phenoxy) is 3. The molecule has 0 saturated heterocycles. The van der Waals surface area contributed by atoms with Crippen molar-refractivity contribution in [2.24, 2.45) is 0 Å². The molecule has 1 heterocycles. The first-order valence-corrected chi connectivity index (χ1v) is 11.7. The molecule has 5 rings (SSSR count). The Morgan fingerprint density at radius 2 is 1.29 bits per heavy atom. The molecule has 0 aliphatic heterocycles. The van der Waals surface area contributed by atoms with Gasteiger partial charge in [-0.2, -0.15) is 0 Å². The third-order valence-corrected chi connectivity index (χ3v) is 5.71. The van der Waals surface area contributed by atoms with Crippen molar-refractivity contribution in [3.63, 3.8) is 0 Å². The van der Waals surface area contributed by atoms with Crippen LogP contribution < -0.4 is 19.8 Å². The molecule has 0 saturated carbocycles. The van der Waals surface area contributed by atoms with E-state index in [1.165, 1.54) is 19.1 Å². The zero-order valence-electron chi connectivity index (χ0n) is 20.5. The van der Waals surface area contributed by atoms with Crippen molar-refractivity contribution in [1.82, 2.24) is 5.16 Å². The van der Waals surface area contributed by atoms with Crippen molar-refractivity contribution < 1.29 is 28.3 Å². The van der Waals surface area contributed by atoms with E-state index in [1.54, 1.807) is 67.6 Å². The van der Waals surface area contributed by atoms with E-state index in [0.717, 1.165) is 0 Å². The van der Waals surface area contributed by atoms with Gasteiger partial charge in [-0.15, -0.1) is 0 Å². The van der Waals surface area contributed by atoms with Crippen LogP contribution in [0.5, 0.6) is 28.7 Å². The Hall–Kier alpha value is -5.24. The molecular weight excluding hydrogens is 486 g/mol. The van der Waals surface area contributed by atoms with Crippen LogP contribution in [0.3, 0.4) is 0 Å². The second-order valence-electron chi connectivity index (χ2n) is 8.40. The molecule has 0 radical (unpaired) electrons. The molecule has 1 aromatic heterocycles. The van der Waals surface area contributed by atoms with Crippen molar-refractivity contribution in [1.29, 1.82) is 0 Å². The normalized spacial score (nSPS) is 10.7. The van der Waals surface area contributed by atoms with Gasteiger partial charge in [-0.25, -0.2) is 9.59 Å². The second-order valence-corrected chi connectivity index (χ2v) is 8.40. The lowest BCUT2D eigenvalue weighted by molar-refractivity contribution is 0.0729. The van der Waals surface area contributed by atoms with Gasteiger partial charge in [0.25, 0.3) is 0 Å². The van der Waals surface area contributed by atoms with E-state index in [4.69, 9.17) is 18.7 Å². The number of rotatable bonds is 7. The molecule has 0 aliphatic carbocycles. The summed E-state index contributed by atoms with van der Waals surface area (Å²) in [6, 6.07) is 25.2. The van der Waals surface area contributed by atoms with E-state index in [9.17, 15) is 14.4 Å². The Balaban J connectivity index is 1.30. The third-order valence-electron chi connectivity index (χ3n) is 5.71. The second kappa shape index (κ2) is 10.4. The van der Waals surface area contributed by atoms with Gasteiger partial charge in [-0.05, 0) is 86.6 Å². The summed E-state index contributed by atoms with van der Waals surface area (Å²) in [5, 5.41) is 4.78. The number of esters is 1. The highest BCUT2D eigenvalue weighted by Gasteiger charge is 2.18. The SMILES string of the molecule is CC(=O)c1cc(Oc2ccccc2)ccc1C(=O)Oc1ccc(Oc2ccc3c(=O)onc(C)c3c2)cc1. The van der Waals surface area contributed by atoms with Gasteiger partial charge in [0.1, 0.15) is 28.7 Å². The Morgan fingerprint density at radius 3 is 2.00 bits per heavy atom. The fourth-order valence-electron chi connectivity index (χ4n) is 3.83. The summed E-state index contributed by atoms with van der Waals surface area (Å²) >= 11 is 0. The first-order valence-electron chi connectivity index (χ1n) is 11.7. The van der Waals surface area contributed by atoms with E-state index in [1.807, 2.05) is 18.2 Å². The van der Waals surface area contributed by atoms with Crippen LogP contribution in [0.1, 0.15) is 33.3 Å². The molecule has 0 unspecified atom stereocenters. The van der Waals surface area contributed by atoms with Crippen LogP contribution in [-0.2, 0) is 0 Å². The molecule has 38 heavy (non-hydrogen) atoms. The number of benzene rings is 4. The standard InChI is InChI=1S/C30H21NO7/c1-18-27-16-23(12-14-25(27)30(34)38-31-18)36-21-8-10-22(11-9-21)37-29(33)26-15-13-24(17-28(26)19(2)32)35-20-6-4-3-5-7-20/h3-17H,1-2H3. The summed E-state index contributed by atoms with van der Waals surface area (Å²) in [5.74, 6) is 1.34. The molecule has 8 nitrogen and oxygen atoms in total. The Labute approximate surface area is 217 Å². The number of hydrogen-bond acceptors (Lipinski definition) is 8. The predicted octanol–water partition coefficient (Wildman–Crippen LogP) is 6.50. The molecule has 8 heteroatoms. The number of carbonyl (C=O) groups excluding carboxylic acids is 2. The van der Waals surface area contributed by atoms with Crippen LogP contribution in [0.4, 0.5) is 0 Å². The maximum absolute atomic E-state index is 12.9. The molecule has 4 aromatic carbocycles. The summed E-state index contributed by atoms with van der Waals surface area (Å²) in [6.07, 6.45) is 0. The highest BCUT2D eigenvalue weighted by atomic mass is 16.5. The maximum atomic E-state index is 12.9. The lowest BCUT2D eigenvalue weighted by Crippen LogP contribution is -2.13. The molecule has 0 spiro atoms. The van der Waals surface area contributed by atoms with Crippen LogP contribution in [0, 0.1) is 6.92 Å². The van der Waals surface area contributed by atoms with Crippen molar-refractivity contribution >= 4 is 22.5 Å². The van der Waals surface area contributed by atoms with Gasteiger partial charge in [0, 0.05) is 10.9 Å². The number of hydrogen-bond donors (Lipinski definition) is 0. The van der Waals surface area contributed by atoms with Gasteiger partial charge in [-0.3, -0.25) is 4.79 Å². The van der Waals surface area contributed by atoms with E-state index in [0.29, 0.717) is 39.5 Å². The van der Waals surface area contributed by atoms with E-state index < -0.39 is 11.6 Å². The molecule has 0 bridgehead atoms. The number of nitrogens with zero attached hydrogens (tertiary/aromatic N) is 1. The largest absolute Gasteiger partial charge is 0.457 e. The van der Waals surface area contributed by atoms with Crippen LogP contribution >= 0.6 is 0 Å². The van der Waals surface area contributed by atoms with Crippen molar-refractivity contribution in [2.75, 3.05) is 0 Å². The molecule has 0 N–H and O–H groups in total. The first-order chi connectivity index (χ1) is 18.4. The van der Waals surface area contributed by atoms with Gasteiger partial charge in [-0.1, -0.05) is 23.4 Å². The molecule has 188 valence electrons. The topological polar surface area (TPSA) is 105 Å². The molecular formula is C30H21NO7. The van der Waals surface area contributed by atoms with Crippen LogP contribution in [0.2, 0.25) is 0 Å². The quantitative estimate of drug-likeness (QED) is 0.140. The van der Waals surface area contributed by atoms with Crippen LogP contribution in [-0.4, -0.2) is 16.9 Å². The predicted molar refractivity (Wildman–Crippen MR) is 139 cm³/mol. The van der Waals surface area contributed by atoms with Crippen molar-refractivity contribution in [3.8, 4) is 28.7 Å². The number of aromatic nitrogens is 1. The smallest absolute Gasteiger partial charge is 0.366 e. The van der Waals surface area contributed by atoms with Crippen molar-refractivity contribution in [2.45, 2.75) is 13.8 Å². The van der Waals surface area contributed by atoms with Gasteiger partial charge < -0.3 is 18.7 Å². The number of aryl methyl sites for hydroxylation is 1. The monoisotopic (exact) mass is 507 g/mol. The molecule has 5 aromatic rings. The third kappa shape index (κ3) is 5.29. The molecule has 0 amide bonds. The molecule has 0 aliphatic rings. The summed E-state index contributed by atoms with van der Waals surface area (Å²) < 4.78 is 21.9. The summed E-state index contributed by atoms with van der Waals surface area (Å²) in [6.45, 7) is 3.11. The van der Waals surface area contributed by atoms with Gasteiger partial charge in [0.2, 0.25) is 0 Å². The average molecular weight is 507 g/mol. The minimum atomic E-state index is -0.675. The van der Waals surface area contributed by atoms with Gasteiger partial charge in [0.15, 0.2) is 5.78 Å². The highest BCUT2D eigenvalue weighted by Crippen LogP contribution is 2.28. The molecule has 0 fully saturated rings.